The number of carbonyl (C=O) groups excluding carboxylic acids is 2. The summed E-state index contributed by atoms with van der Waals surface area (Å²) in [6.45, 7) is 4.82. The van der Waals surface area contributed by atoms with Gasteiger partial charge < -0.3 is 20.3 Å². The molecule has 6 heteroatoms. The van der Waals surface area contributed by atoms with Crippen LogP contribution in [0, 0.1) is 0 Å². The van der Waals surface area contributed by atoms with Crippen molar-refractivity contribution in [3.8, 4) is 0 Å². The van der Waals surface area contributed by atoms with E-state index < -0.39 is 12.1 Å². The molecule has 0 aliphatic carbocycles. The van der Waals surface area contributed by atoms with Crippen molar-refractivity contribution in [3.63, 3.8) is 0 Å². The predicted octanol–water partition coefficient (Wildman–Crippen LogP) is 18.6. The van der Waals surface area contributed by atoms with E-state index in [1.807, 2.05) is 0 Å². The zero-order valence-corrected chi connectivity index (χ0v) is 45.3. The quantitative estimate of drug-likeness (QED) is 0.0321. The number of carbonyl (C=O) groups is 2. The molecule has 2 unspecified atom stereocenters. The summed E-state index contributed by atoms with van der Waals surface area (Å²) in [5.41, 5.74) is 0. The van der Waals surface area contributed by atoms with Crippen molar-refractivity contribution in [1.29, 1.82) is 0 Å². The number of rotatable bonds is 55. The number of hydrogen-bond acceptors (Lipinski definition) is 5. The molecule has 0 aromatic heterocycles. The lowest BCUT2D eigenvalue weighted by molar-refractivity contribution is -0.143. The van der Waals surface area contributed by atoms with Crippen LogP contribution in [0.3, 0.4) is 0 Å². The van der Waals surface area contributed by atoms with Gasteiger partial charge in [0.1, 0.15) is 0 Å². The highest BCUT2D eigenvalue weighted by Gasteiger charge is 2.20. The maximum Gasteiger partial charge on any atom is 0.305 e. The van der Waals surface area contributed by atoms with E-state index in [2.05, 4.69) is 67.8 Å². The van der Waals surface area contributed by atoms with Crippen molar-refractivity contribution in [2.24, 2.45) is 0 Å². The fourth-order valence-electron chi connectivity index (χ4n) is 9.04. The number of hydrogen-bond donors (Lipinski definition) is 3. The molecule has 0 aliphatic heterocycles. The Kier molecular flexibility index (Phi) is 55.6. The number of allylic oxidation sites excluding steroid dienone is 7. The van der Waals surface area contributed by atoms with Crippen LogP contribution in [0.1, 0.15) is 309 Å². The maximum absolute atomic E-state index is 12.5. The Hall–Kier alpha value is -2.18. The van der Waals surface area contributed by atoms with Crippen molar-refractivity contribution in [2.45, 2.75) is 321 Å². The number of ether oxygens (including phenoxy) is 1. The Morgan fingerprint density at radius 2 is 0.735 bits per heavy atom. The Morgan fingerprint density at radius 3 is 1.15 bits per heavy atom. The molecule has 0 aliphatic rings. The molecule has 1 amide bonds. The molecule has 398 valence electrons. The molecule has 0 heterocycles. The second-order valence-electron chi connectivity index (χ2n) is 20.3. The van der Waals surface area contributed by atoms with Crippen molar-refractivity contribution in [3.05, 3.63) is 48.6 Å². The smallest absolute Gasteiger partial charge is 0.305 e. The van der Waals surface area contributed by atoms with E-state index in [9.17, 15) is 19.8 Å². The van der Waals surface area contributed by atoms with Gasteiger partial charge in [-0.25, -0.2) is 0 Å². The Bertz CT molecular complexity index is 1150. The van der Waals surface area contributed by atoms with Crippen molar-refractivity contribution >= 4 is 11.9 Å². The minimum absolute atomic E-state index is 0.0394. The first-order chi connectivity index (χ1) is 33.5. The Labute approximate surface area is 423 Å². The third-order valence-corrected chi connectivity index (χ3v) is 13.6. The van der Waals surface area contributed by atoms with Crippen molar-refractivity contribution in [1.82, 2.24) is 5.32 Å². The zero-order valence-electron chi connectivity index (χ0n) is 45.3. The standard InChI is InChI=1S/C62H115NO5/c1-3-5-7-9-11-13-15-17-26-30-34-38-42-46-50-54-60(65)59(58-64)63-61(66)55-51-47-43-39-35-31-28-24-22-20-19-21-23-25-29-33-37-41-45-49-53-57-68-62(67)56-52-48-44-40-36-32-27-18-16-14-12-10-8-6-4-2/h12,14,18,27,33,37,45,49,59-60,64-65H,3-11,13,15-17,19-26,28-32,34-36,38-44,46-48,50-58H2,1-2H3,(H,63,66)/b14-12-,27-18-,37-33-,49-45-. The number of aliphatic hydroxyl groups excluding tert-OH is 2. The predicted molar refractivity (Wildman–Crippen MR) is 296 cm³/mol. The molecule has 0 aromatic carbocycles. The Balaban J connectivity index is 3.47. The monoisotopic (exact) mass is 954 g/mol. The molecule has 3 N–H and O–H groups in total. The Morgan fingerprint density at radius 1 is 0.412 bits per heavy atom. The summed E-state index contributed by atoms with van der Waals surface area (Å²) in [6, 6.07) is -0.546. The second kappa shape index (κ2) is 57.4. The zero-order chi connectivity index (χ0) is 49.3. The summed E-state index contributed by atoms with van der Waals surface area (Å²) in [5.74, 6) is -0.0889. The molecule has 0 aromatic rings. The fraction of sp³-hybridized carbons (Fsp3) is 0.839. The van der Waals surface area contributed by atoms with Gasteiger partial charge in [-0.05, 0) is 77.0 Å². The van der Waals surface area contributed by atoms with Gasteiger partial charge in [-0.2, -0.15) is 0 Å². The van der Waals surface area contributed by atoms with Crippen LogP contribution in [0.25, 0.3) is 0 Å². The highest BCUT2D eigenvalue weighted by molar-refractivity contribution is 5.76. The molecule has 0 saturated heterocycles. The van der Waals surface area contributed by atoms with Crippen molar-refractivity contribution in [2.75, 3.05) is 13.2 Å². The summed E-state index contributed by atoms with van der Waals surface area (Å²) in [5, 5.41) is 23.3. The van der Waals surface area contributed by atoms with Gasteiger partial charge in [0.2, 0.25) is 5.91 Å². The molecule has 2 atom stereocenters. The van der Waals surface area contributed by atoms with E-state index in [1.165, 1.54) is 212 Å². The summed E-state index contributed by atoms with van der Waals surface area (Å²) < 4.78 is 5.41. The van der Waals surface area contributed by atoms with Crippen LogP contribution in [0.2, 0.25) is 0 Å². The molecular formula is C62H115NO5. The second-order valence-corrected chi connectivity index (χ2v) is 20.3. The van der Waals surface area contributed by atoms with Crippen LogP contribution in [-0.2, 0) is 14.3 Å². The van der Waals surface area contributed by atoms with E-state index in [4.69, 9.17) is 4.74 Å². The third-order valence-electron chi connectivity index (χ3n) is 13.6. The van der Waals surface area contributed by atoms with Gasteiger partial charge >= 0.3 is 5.97 Å². The minimum atomic E-state index is -0.668. The number of amides is 1. The van der Waals surface area contributed by atoms with Gasteiger partial charge in [0.25, 0.3) is 0 Å². The molecule has 0 spiro atoms. The average molecular weight is 955 g/mol. The van der Waals surface area contributed by atoms with E-state index in [0.717, 1.165) is 64.2 Å². The van der Waals surface area contributed by atoms with Gasteiger partial charge in [0.15, 0.2) is 0 Å². The first kappa shape index (κ1) is 65.8. The highest BCUT2D eigenvalue weighted by Crippen LogP contribution is 2.17. The topological polar surface area (TPSA) is 95.9 Å². The summed E-state index contributed by atoms with van der Waals surface area (Å²) >= 11 is 0. The van der Waals surface area contributed by atoms with Crippen LogP contribution < -0.4 is 5.32 Å². The molecule has 0 saturated carbocycles. The lowest BCUT2D eigenvalue weighted by atomic mass is 10.0. The first-order valence-electron chi connectivity index (χ1n) is 29.9. The third kappa shape index (κ3) is 53.2. The molecule has 0 bridgehead atoms. The van der Waals surface area contributed by atoms with E-state index in [1.54, 1.807) is 0 Å². The molecule has 68 heavy (non-hydrogen) atoms. The molecule has 0 fully saturated rings. The lowest BCUT2D eigenvalue weighted by Gasteiger charge is -2.22. The van der Waals surface area contributed by atoms with Crippen LogP contribution >= 0.6 is 0 Å². The van der Waals surface area contributed by atoms with Crippen molar-refractivity contribution < 1.29 is 24.5 Å². The lowest BCUT2D eigenvalue weighted by Crippen LogP contribution is -2.45. The van der Waals surface area contributed by atoms with Gasteiger partial charge in [-0.1, -0.05) is 268 Å². The highest BCUT2D eigenvalue weighted by atomic mass is 16.5. The summed E-state index contributed by atoms with van der Waals surface area (Å²) in [4.78, 5) is 24.5. The van der Waals surface area contributed by atoms with E-state index in [-0.39, 0.29) is 18.5 Å². The van der Waals surface area contributed by atoms with Crippen LogP contribution in [0.15, 0.2) is 48.6 Å². The fourth-order valence-corrected chi connectivity index (χ4v) is 9.04. The number of nitrogens with one attached hydrogen (secondary N) is 1. The molecule has 0 radical (unpaired) electrons. The summed E-state index contributed by atoms with van der Waals surface area (Å²) in [7, 11) is 0. The number of aliphatic hydroxyl groups is 2. The average Bonchev–Trinajstić information content (AvgIpc) is 3.34. The van der Waals surface area contributed by atoms with E-state index >= 15 is 0 Å². The largest absolute Gasteiger partial charge is 0.465 e. The van der Waals surface area contributed by atoms with Crippen LogP contribution in [-0.4, -0.2) is 47.4 Å². The number of esters is 1. The number of unbranched alkanes of at least 4 members (excludes halogenated alkanes) is 36. The van der Waals surface area contributed by atoms with Gasteiger partial charge in [-0.15, -0.1) is 0 Å². The summed E-state index contributed by atoms with van der Waals surface area (Å²) in [6.07, 6.45) is 72.6. The van der Waals surface area contributed by atoms with Crippen LogP contribution in [0.4, 0.5) is 0 Å². The minimum Gasteiger partial charge on any atom is -0.465 e. The first-order valence-corrected chi connectivity index (χ1v) is 29.9. The normalized spacial score (nSPS) is 12.9. The van der Waals surface area contributed by atoms with E-state index in [0.29, 0.717) is 25.9 Å². The van der Waals surface area contributed by atoms with Crippen LogP contribution in [0.5, 0.6) is 0 Å². The maximum atomic E-state index is 12.5. The molecule has 6 nitrogen and oxygen atoms in total. The van der Waals surface area contributed by atoms with Gasteiger partial charge in [0, 0.05) is 12.8 Å². The molecular weight excluding hydrogens is 839 g/mol. The SMILES string of the molecule is CCCCC/C=C\C/C=C\CCCCCCCC(=O)OCC/C=C\C/C=C\CCCCCCCCCCCCCCCCC(=O)NC(CO)C(O)CCCCCCCCCCCCCCCCC. The van der Waals surface area contributed by atoms with Gasteiger partial charge in [-0.3, -0.25) is 9.59 Å². The van der Waals surface area contributed by atoms with Gasteiger partial charge in [0.05, 0.1) is 25.4 Å². The molecule has 0 rings (SSSR count).